The molecule has 7 nitrogen and oxygen atoms in total. The second-order valence-corrected chi connectivity index (χ2v) is 7.77. The van der Waals surface area contributed by atoms with Gasteiger partial charge in [-0.15, -0.1) is 10.2 Å². The van der Waals surface area contributed by atoms with Gasteiger partial charge in [0.2, 0.25) is 0 Å². The zero-order valence-electron chi connectivity index (χ0n) is 18.5. The molecule has 0 fully saturated rings. The molecule has 3 heterocycles. The molecule has 4 rings (SSSR count). The minimum Gasteiger partial charge on any atom is -0.496 e. The third kappa shape index (κ3) is 3.91. The fourth-order valence-corrected chi connectivity index (χ4v) is 3.79. The molecule has 0 aliphatic rings. The number of aromatic nitrogens is 4. The van der Waals surface area contributed by atoms with Crippen LogP contribution in [-0.4, -0.2) is 51.6 Å². The van der Waals surface area contributed by atoms with Crippen molar-refractivity contribution in [3.8, 4) is 16.9 Å². The van der Waals surface area contributed by atoms with Crippen LogP contribution >= 0.6 is 0 Å². The van der Waals surface area contributed by atoms with Gasteiger partial charge in [0.1, 0.15) is 23.6 Å². The standard InChI is InChI=1S/C24H24FN5O2/c1-15-12-21(24(31)29(2)3)26-13-19(15)17-10-8-16(30-14-27-28-23(17)30)9-11-18-20(25)6-5-7-22(18)32-4/h5-8,10,12-14H,9,11H2,1-4H3. The summed E-state index contributed by atoms with van der Waals surface area (Å²) in [5.41, 5.74) is 5.22. The van der Waals surface area contributed by atoms with Crippen molar-refractivity contribution in [2.24, 2.45) is 0 Å². The summed E-state index contributed by atoms with van der Waals surface area (Å²) in [6.45, 7) is 1.94. The van der Waals surface area contributed by atoms with E-state index in [4.69, 9.17) is 4.74 Å². The Morgan fingerprint density at radius 2 is 1.97 bits per heavy atom. The number of methoxy groups -OCH3 is 1. The maximum Gasteiger partial charge on any atom is 0.271 e. The first-order chi connectivity index (χ1) is 15.4. The van der Waals surface area contributed by atoms with E-state index in [2.05, 4.69) is 15.2 Å². The second kappa shape index (κ2) is 8.74. The van der Waals surface area contributed by atoms with Crippen molar-refractivity contribution < 1.29 is 13.9 Å². The lowest BCUT2D eigenvalue weighted by molar-refractivity contribution is 0.0822. The third-order valence-electron chi connectivity index (χ3n) is 5.49. The van der Waals surface area contributed by atoms with E-state index in [-0.39, 0.29) is 11.7 Å². The molecule has 32 heavy (non-hydrogen) atoms. The molecule has 0 aliphatic heterocycles. The molecule has 3 aromatic heterocycles. The summed E-state index contributed by atoms with van der Waals surface area (Å²) in [6.07, 6.45) is 4.41. The molecule has 0 bridgehead atoms. The van der Waals surface area contributed by atoms with Crippen LogP contribution in [-0.2, 0) is 12.8 Å². The zero-order valence-corrected chi connectivity index (χ0v) is 18.5. The Morgan fingerprint density at radius 1 is 1.16 bits per heavy atom. The smallest absolute Gasteiger partial charge is 0.271 e. The fraction of sp³-hybridized carbons (Fsp3) is 0.250. The van der Waals surface area contributed by atoms with Gasteiger partial charge in [-0.3, -0.25) is 14.2 Å². The molecule has 8 heteroatoms. The van der Waals surface area contributed by atoms with Gasteiger partial charge < -0.3 is 9.64 Å². The largest absolute Gasteiger partial charge is 0.496 e. The van der Waals surface area contributed by atoms with Crippen LogP contribution in [0.1, 0.15) is 27.3 Å². The monoisotopic (exact) mass is 433 g/mol. The predicted octanol–water partition coefficient (Wildman–Crippen LogP) is 3.73. The lowest BCUT2D eigenvalue weighted by Gasteiger charge is -2.14. The highest BCUT2D eigenvalue weighted by atomic mass is 19.1. The first-order valence-corrected chi connectivity index (χ1v) is 10.2. The molecule has 4 aromatic rings. The maximum atomic E-state index is 14.3. The lowest BCUT2D eigenvalue weighted by atomic mass is 10.0. The molecule has 0 saturated heterocycles. The third-order valence-corrected chi connectivity index (χ3v) is 5.49. The topological polar surface area (TPSA) is 72.6 Å². The maximum absolute atomic E-state index is 14.3. The Labute approximate surface area is 185 Å². The number of hydrogen-bond acceptors (Lipinski definition) is 5. The van der Waals surface area contributed by atoms with Crippen LogP contribution in [0.2, 0.25) is 0 Å². The van der Waals surface area contributed by atoms with Crippen molar-refractivity contribution >= 4 is 11.6 Å². The summed E-state index contributed by atoms with van der Waals surface area (Å²) < 4.78 is 21.5. The summed E-state index contributed by atoms with van der Waals surface area (Å²) in [7, 11) is 4.93. The molecule has 0 spiro atoms. The van der Waals surface area contributed by atoms with E-state index < -0.39 is 0 Å². The Morgan fingerprint density at radius 3 is 2.69 bits per heavy atom. The molecular formula is C24H24FN5O2. The lowest BCUT2D eigenvalue weighted by Crippen LogP contribution is -2.22. The number of ether oxygens (including phenoxy) is 1. The van der Waals surface area contributed by atoms with Crippen LogP contribution in [0.5, 0.6) is 5.75 Å². The minimum absolute atomic E-state index is 0.147. The van der Waals surface area contributed by atoms with Crippen LogP contribution in [0.3, 0.4) is 0 Å². The Kier molecular flexibility index (Phi) is 5.85. The van der Waals surface area contributed by atoms with E-state index >= 15 is 0 Å². The first kappa shape index (κ1) is 21.4. The molecule has 0 radical (unpaired) electrons. The van der Waals surface area contributed by atoms with Gasteiger partial charge in [0.15, 0.2) is 5.65 Å². The summed E-state index contributed by atoms with van der Waals surface area (Å²) in [6, 6.07) is 10.6. The molecule has 0 saturated carbocycles. The number of nitrogens with zero attached hydrogens (tertiary/aromatic N) is 5. The minimum atomic E-state index is -0.282. The number of halogens is 1. The fourth-order valence-electron chi connectivity index (χ4n) is 3.79. The summed E-state index contributed by atoms with van der Waals surface area (Å²) >= 11 is 0. The summed E-state index contributed by atoms with van der Waals surface area (Å²) in [5, 5.41) is 8.39. The number of carbonyl (C=O) groups is 1. The van der Waals surface area contributed by atoms with E-state index in [9.17, 15) is 9.18 Å². The van der Waals surface area contributed by atoms with Crippen molar-refractivity contribution in [3.63, 3.8) is 0 Å². The normalized spacial score (nSPS) is 11.0. The van der Waals surface area contributed by atoms with Gasteiger partial charge >= 0.3 is 0 Å². The molecule has 1 amide bonds. The van der Waals surface area contributed by atoms with E-state index in [1.165, 1.54) is 11.0 Å². The van der Waals surface area contributed by atoms with Gasteiger partial charge in [-0.25, -0.2) is 4.39 Å². The summed E-state index contributed by atoms with van der Waals surface area (Å²) in [4.78, 5) is 18.1. The number of pyridine rings is 2. The van der Waals surface area contributed by atoms with E-state index in [1.807, 2.05) is 23.5 Å². The van der Waals surface area contributed by atoms with Crippen molar-refractivity contribution in [3.05, 3.63) is 77.3 Å². The predicted molar refractivity (Wildman–Crippen MR) is 119 cm³/mol. The number of rotatable bonds is 6. The van der Waals surface area contributed by atoms with Crippen molar-refractivity contribution in [2.75, 3.05) is 21.2 Å². The van der Waals surface area contributed by atoms with Crippen LogP contribution < -0.4 is 4.74 Å². The zero-order chi connectivity index (χ0) is 22.8. The number of hydrogen-bond donors (Lipinski definition) is 0. The first-order valence-electron chi connectivity index (χ1n) is 10.2. The SMILES string of the molecule is COc1cccc(F)c1CCc1ccc(-c2cnc(C(=O)N(C)C)cc2C)c2nncn12. The highest BCUT2D eigenvalue weighted by molar-refractivity contribution is 5.93. The van der Waals surface area contributed by atoms with Crippen molar-refractivity contribution in [1.29, 1.82) is 0 Å². The Balaban J connectivity index is 1.67. The number of fused-ring (bicyclic) bond motifs is 1. The van der Waals surface area contributed by atoms with Gasteiger partial charge in [0, 0.05) is 42.7 Å². The Bertz CT molecular complexity index is 1300. The Hall–Kier alpha value is -3.81. The van der Waals surface area contributed by atoms with Crippen LogP contribution in [0.25, 0.3) is 16.8 Å². The molecular weight excluding hydrogens is 409 g/mol. The molecule has 0 N–H and O–H groups in total. The molecule has 0 unspecified atom stereocenters. The highest BCUT2D eigenvalue weighted by Gasteiger charge is 2.16. The van der Waals surface area contributed by atoms with Crippen LogP contribution in [0.15, 0.2) is 48.9 Å². The van der Waals surface area contributed by atoms with Gasteiger partial charge in [-0.2, -0.15) is 0 Å². The van der Waals surface area contributed by atoms with Gasteiger partial charge in [0.25, 0.3) is 5.91 Å². The van der Waals surface area contributed by atoms with Crippen LogP contribution in [0.4, 0.5) is 4.39 Å². The van der Waals surface area contributed by atoms with Crippen LogP contribution in [0, 0.1) is 12.7 Å². The van der Waals surface area contributed by atoms with Gasteiger partial charge in [-0.1, -0.05) is 6.07 Å². The number of aryl methyl sites for hydroxylation is 2. The number of amides is 1. The highest BCUT2D eigenvalue weighted by Crippen LogP contribution is 2.29. The van der Waals surface area contributed by atoms with Crippen molar-refractivity contribution in [1.82, 2.24) is 24.5 Å². The van der Waals surface area contributed by atoms with Gasteiger partial charge in [-0.05, 0) is 55.7 Å². The van der Waals surface area contributed by atoms with E-state index in [0.717, 1.165) is 22.4 Å². The molecule has 0 aliphatic carbocycles. The number of carbonyl (C=O) groups excluding carboxylic acids is 1. The molecule has 164 valence electrons. The molecule has 0 atom stereocenters. The second-order valence-electron chi connectivity index (χ2n) is 7.77. The van der Waals surface area contributed by atoms with Gasteiger partial charge in [0.05, 0.1) is 7.11 Å². The van der Waals surface area contributed by atoms with Crippen molar-refractivity contribution in [2.45, 2.75) is 19.8 Å². The summed E-state index contributed by atoms with van der Waals surface area (Å²) in [5.74, 6) is 0.108. The van der Waals surface area contributed by atoms with E-state index in [1.54, 1.807) is 51.9 Å². The average molecular weight is 433 g/mol. The average Bonchev–Trinajstić information content (AvgIpc) is 3.28. The van der Waals surface area contributed by atoms with E-state index in [0.29, 0.717) is 35.5 Å². The quantitative estimate of drug-likeness (QED) is 0.463. The number of benzene rings is 1. The molecule has 1 aromatic carbocycles.